The Morgan fingerprint density at radius 2 is 2.40 bits per heavy atom. The molecule has 2 aromatic heterocycles. The normalized spacial score (nSPS) is 21.3. The van der Waals surface area contributed by atoms with Gasteiger partial charge < -0.3 is 5.32 Å². The summed E-state index contributed by atoms with van der Waals surface area (Å²) in [5.41, 5.74) is 3.86. The molecule has 0 aliphatic carbocycles. The van der Waals surface area contributed by atoms with Crippen LogP contribution in [0.3, 0.4) is 0 Å². The fourth-order valence-corrected chi connectivity index (χ4v) is 2.40. The third-order valence-corrected chi connectivity index (χ3v) is 3.26. The standard InChI is InChI=1S/C12H15N3/c1-9-3-2-4-12-11(8-14-15(9)12)10-5-6-13-7-10/h2-4,8,10,13H,5-7H2,1H3. The van der Waals surface area contributed by atoms with E-state index < -0.39 is 0 Å². The molecule has 0 bridgehead atoms. The second-order valence-corrected chi connectivity index (χ2v) is 4.25. The van der Waals surface area contributed by atoms with Crippen LogP contribution >= 0.6 is 0 Å². The van der Waals surface area contributed by atoms with Crippen molar-refractivity contribution in [2.45, 2.75) is 19.3 Å². The monoisotopic (exact) mass is 201 g/mol. The lowest BCUT2D eigenvalue weighted by Gasteiger charge is -2.06. The van der Waals surface area contributed by atoms with Crippen molar-refractivity contribution in [3.63, 3.8) is 0 Å². The maximum Gasteiger partial charge on any atom is 0.0699 e. The molecule has 3 heteroatoms. The maximum atomic E-state index is 4.45. The van der Waals surface area contributed by atoms with Crippen molar-refractivity contribution < 1.29 is 0 Å². The van der Waals surface area contributed by atoms with Gasteiger partial charge in [0.05, 0.1) is 11.7 Å². The molecular weight excluding hydrogens is 186 g/mol. The highest BCUT2D eigenvalue weighted by Crippen LogP contribution is 2.26. The minimum absolute atomic E-state index is 0.643. The number of rotatable bonds is 1. The van der Waals surface area contributed by atoms with Gasteiger partial charge in [-0.25, -0.2) is 4.52 Å². The Hall–Kier alpha value is -1.35. The first-order chi connectivity index (χ1) is 7.36. The van der Waals surface area contributed by atoms with Crippen LogP contribution in [0, 0.1) is 6.92 Å². The first-order valence-electron chi connectivity index (χ1n) is 5.50. The quantitative estimate of drug-likeness (QED) is 0.761. The van der Waals surface area contributed by atoms with Gasteiger partial charge in [-0.05, 0) is 32.0 Å². The number of hydrogen-bond donors (Lipinski definition) is 1. The molecule has 0 radical (unpaired) electrons. The molecule has 3 nitrogen and oxygen atoms in total. The van der Waals surface area contributed by atoms with Crippen LogP contribution < -0.4 is 5.32 Å². The lowest BCUT2D eigenvalue weighted by molar-refractivity contribution is 0.769. The summed E-state index contributed by atoms with van der Waals surface area (Å²) in [7, 11) is 0. The van der Waals surface area contributed by atoms with Crippen LogP contribution in [0.1, 0.15) is 23.6 Å². The summed E-state index contributed by atoms with van der Waals surface area (Å²) < 4.78 is 2.04. The van der Waals surface area contributed by atoms with E-state index in [1.165, 1.54) is 23.2 Å². The molecule has 0 spiro atoms. The number of nitrogens with zero attached hydrogens (tertiary/aromatic N) is 2. The molecule has 1 aliphatic rings. The third kappa shape index (κ3) is 1.35. The van der Waals surface area contributed by atoms with Crippen LogP contribution in [-0.4, -0.2) is 22.7 Å². The van der Waals surface area contributed by atoms with Gasteiger partial charge in [-0.2, -0.15) is 5.10 Å². The van der Waals surface area contributed by atoms with E-state index in [0.717, 1.165) is 13.1 Å². The van der Waals surface area contributed by atoms with Gasteiger partial charge in [-0.1, -0.05) is 6.07 Å². The minimum atomic E-state index is 0.643. The predicted molar refractivity (Wildman–Crippen MR) is 60.2 cm³/mol. The highest BCUT2D eigenvalue weighted by molar-refractivity contribution is 5.56. The number of aromatic nitrogens is 2. The second kappa shape index (κ2) is 3.35. The molecule has 0 amide bonds. The number of aryl methyl sites for hydroxylation is 1. The van der Waals surface area contributed by atoms with Crippen molar-refractivity contribution in [3.05, 3.63) is 35.7 Å². The van der Waals surface area contributed by atoms with Crippen molar-refractivity contribution in [2.24, 2.45) is 0 Å². The fourth-order valence-electron chi connectivity index (χ4n) is 2.40. The van der Waals surface area contributed by atoms with Crippen LogP contribution in [-0.2, 0) is 0 Å². The molecule has 1 fully saturated rings. The summed E-state index contributed by atoms with van der Waals surface area (Å²) >= 11 is 0. The largest absolute Gasteiger partial charge is 0.316 e. The Morgan fingerprint density at radius 3 is 3.20 bits per heavy atom. The highest BCUT2D eigenvalue weighted by Gasteiger charge is 2.20. The van der Waals surface area contributed by atoms with Gasteiger partial charge in [-0.15, -0.1) is 0 Å². The zero-order valence-corrected chi connectivity index (χ0v) is 8.90. The van der Waals surface area contributed by atoms with Crippen molar-refractivity contribution in [1.82, 2.24) is 14.9 Å². The van der Waals surface area contributed by atoms with E-state index in [-0.39, 0.29) is 0 Å². The van der Waals surface area contributed by atoms with Crippen molar-refractivity contribution in [3.8, 4) is 0 Å². The third-order valence-electron chi connectivity index (χ3n) is 3.26. The van der Waals surface area contributed by atoms with Gasteiger partial charge in [0.2, 0.25) is 0 Å². The summed E-state index contributed by atoms with van der Waals surface area (Å²) in [5.74, 6) is 0.643. The van der Waals surface area contributed by atoms with Crippen molar-refractivity contribution >= 4 is 5.52 Å². The Labute approximate surface area is 89.1 Å². The van der Waals surface area contributed by atoms with E-state index in [1.807, 2.05) is 10.7 Å². The molecule has 15 heavy (non-hydrogen) atoms. The van der Waals surface area contributed by atoms with Gasteiger partial charge in [0.1, 0.15) is 0 Å². The SMILES string of the molecule is Cc1cccc2c(C3CCNC3)cnn12. The average molecular weight is 201 g/mol. The molecule has 0 aromatic carbocycles. The Morgan fingerprint density at radius 1 is 1.47 bits per heavy atom. The summed E-state index contributed by atoms with van der Waals surface area (Å²) in [6.07, 6.45) is 3.26. The molecule has 3 rings (SSSR count). The van der Waals surface area contributed by atoms with Crippen LogP contribution in [0.2, 0.25) is 0 Å². The highest BCUT2D eigenvalue weighted by atomic mass is 15.2. The molecule has 78 valence electrons. The number of nitrogens with one attached hydrogen (secondary N) is 1. The van der Waals surface area contributed by atoms with Gasteiger partial charge in [-0.3, -0.25) is 0 Å². The van der Waals surface area contributed by atoms with E-state index in [9.17, 15) is 0 Å². The van der Waals surface area contributed by atoms with Gasteiger partial charge in [0, 0.05) is 23.7 Å². The zero-order chi connectivity index (χ0) is 10.3. The van der Waals surface area contributed by atoms with Crippen molar-refractivity contribution in [1.29, 1.82) is 0 Å². The molecule has 1 saturated heterocycles. The smallest absolute Gasteiger partial charge is 0.0699 e. The molecule has 1 N–H and O–H groups in total. The van der Waals surface area contributed by atoms with Gasteiger partial charge in [0.25, 0.3) is 0 Å². The maximum absolute atomic E-state index is 4.45. The summed E-state index contributed by atoms with van der Waals surface area (Å²) in [4.78, 5) is 0. The van der Waals surface area contributed by atoms with Crippen LogP contribution in [0.4, 0.5) is 0 Å². The van der Waals surface area contributed by atoms with E-state index in [2.05, 4.69) is 35.5 Å². The molecule has 1 aliphatic heterocycles. The number of pyridine rings is 1. The van der Waals surface area contributed by atoms with E-state index in [0.29, 0.717) is 5.92 Å². The van der Waals surface area contributed by atoms with E-state index >= 15 is 0 Å². The number of fused-ring (bicyclic) bond motifs is 1. The second-order valence-electron chi connectivity index (χ2n) is 4.25. The average Bonchev–Trinajstić information content (AvgIpc) is 2.85. The molecular formula is C12H15N3. The van der Waals surface area contributed by atoms with E-state index in [4.69, 9.17) is 0 Å². The summed E-state index contributed by atoms with van der Waals surface area (Å²) in [6, 6.07) is 6.36. The van der Waals surface area contributed by atoms with Gasteiger partial charge in [0.15, 0.2) is 0 Å². The number of hydrogen-bond acceptors (Lipinski definition) is 2. The minimum Gasteiger partial charge on any atom is -0.316 e. The van der Waals surface area contributed by atoms with Crippen LogP contribution in [0.5, 0.6) is 0 Å². The van der Waals surface area contributed by atoms with Crippen LogP contribution in [0.15, 0.2) is 24.4 Å². The summed E-state index contributed by atoms with van der Waals surface area (Å²) in [5, 5.41) is 7.85. The molecule has 1 atom stereocenters. The fraction of sp³-hybridized carbons (Fsp3) is 0.417. The lowest BCUT2D eigenvalue weighted by Crippen LogP contribution is -2.07. The van der Waals surface area contributed by atoms with Crippen molar-refractivity contribution in [2.75, 3.05) is 13.1 Å². The van der Waals surface area contributed by atoms with E-state index in [1.54, 1.807) is 0 Å². The topological polar surface area (TPSA) is 29.3 Å². The first kappa shape index (κ1) is 8.92. The van der Waals surface area contributed by atoms with Crippen LogP contribution in [0.25, 0.3) is 5.52 Å². The molecule has 3 heterocycles. The Bertz CT molecular complexity index is 481. The molecule has 0 saturated carbocycles. The summed E-state index contributed by atoms with van der Waals surface area (Å²) in [6.45, 7) is 4.32. The Kier molecular flexibility index (Phi) is 1.99. The molecule has 1 unspecified atom stereocenters. The molecule has 2 aromatic rings. The lowest BCUT2D eigenvalue weighted by atomic mass is 10.00. The first-order valence-corrected chi connectivity index (χ1v) is 5.50. The predicted octanol–water partition coefficient (Wildman–Crippen LogP) is 1.72. The Balaban J connectivity index is 2.15. The zero-order valence-electron chi connectivity index (χ0n) is 8.90. The van der Waals surface area contributed by atoms with Gasteiger partial charge >= 0.3 is 0 Å².